The second-order valence-electron chi connectivity index (χ2n) is 5.47. The fraction of sp³-hybridized carbons (Fsp3) is 0.222. The van der Waals surface area contributed by atoms with Gasteiger partial charge in [-0.25, -0.2) is 8.42 Å². The third kappa shape index (κ3) is 6.25. The zero-order chi connectivity index (χ0) is 18.3. The maximum absolute atomic E-state index is 12.1. The summed E-state index contributed by atoms with van der Waals surface area (Å²) in [6.07, 6.45) is 0. The minimum Gasteiger partial charge on any atom is -0.273 e. The molecule has 0 aromatic heterocycles. The average molecular weight is 374 g/mol. The van der Waals surface area contributed by atoms with Gasteiger partial charge in [-0.1, -0.05) is 42.5 Å². The topological polar surface area (TPSA) is 87.0 Å². The SMILES string of the molecule is CC(SCc1ccccc1)C(=O)NS(=O)(=O)Cc1ccc(C#N)cc1. The van der Waals surface area contributed by atoms with E-state index < -0.39 is 21.2 Å². The molecule has 0 fully saturated rings. The fourth-order valence-corrected chi connectivity index (χ4v) is 4.14. The molecular weight excluding hydrogens is 356 g/mol. The van der Waals surface area contributed by atoms with Gasteiger partial charge in [0.25, 0.3) is 0 Å². The number of nitriles is 1. The molecule has 0 saturated carbocycles. The molecule has 25 heavy (non-hydrogen) atoms. The normalized spacial score (nSPS) is 12.2. The molecular formula is C18H18N2O3S2. The molecule has 0 saturated heterocycles. The molecule has 0 aliphatic heterocycles. The third-order valence-electron chi connectivity index (χ3n) is 3.41. The first-order chi connectivity index (χ1) is 11.9. The highest BCUT2D eigenvalue weighted by molar-refractivity contribution is 8.00. The maximum atomic E-state index is 12.1. The summed E-state index contributed by atoms with van der Waals surface area (Å²) in [5.41, 5.74) is 2.05. The van der Waals surface area contributed by atoms with E-state index in [4.69, 9.17) is 5.26 Å². The summed E-state index contributed by atoms with van der Waals surface area (Å²) in [4.78, 5) is 12.1. The van der Waals surface area contributed by atoms with Gasteiger partial charge >= 0.3 is 0 Å². The van der Waals surface area contributed by atoms with E-state index in [-0.39, 0.29) is 5.75 Å². The van der Waals surface area contributed by atoms with Gasteiger partial charge < -0.3 is 0 Å². The number of nitrogens with zero attached hydrogens (tertiary/aromatic N) is 1. The average Bonchev–Trinajstić information content (AvgIpc) is 2.60. The minimum atomic E-state index is -3.78. The quantitative estimate of drug-likeness (QED) is 0.805. The number of amides is 1. The lowest BCUT2D eigenvalue weighted by atomic mass is 10.2. The maximum Gasteiger partial charge on any atom is 0.246 e. The number of hydrogen-bond acceptors (Lipinski definition) is 5. The summed E-state index contributed by atoms with van der Waals surface area (Å²) >= 11 is 1.38. The van der Waals surface area contributed by atoms with Crippen LogP contribution in [0, 0.1) is 11.3 Å². The molecule has 5 nitrogen and oxygen atoms in total. The van der Waals surface area contributed by atoms with E-state index in [9.17, 15) is 13.2 Å². The summed E-state index contributed by atoms with van der Waals surface area (Å²) < 4.78 is 26.4. The van der Waals surface area contributed by atoms with Gasteiger partial charge in [0.05, 0.1) is 22.6 Å². The number of nitrogens with one attached hydrogen (secondary N) is 1. The largest absolute Gasteiger partial charge is 0.273 e. The number of sulfonamides is 1. The summed E-state index contributed by atoms with van der Waals surface area (Å²) in [6, 6.07) is 17.9. The van der Waals surface area contributed by atoms with Crippen molar-refractivity contribution in [2.24, 2.45) is 0 Å². The molecule has 0 aliphatic carbocycles. The van der Waals surface area contributed by atoms with Crippen molar-refractivity contribution in [1.29, 1.82) is 5.26 Å². The van der Waals surface area contributed by atoms with Crippen LogP contribution in [-0.4, -0.2) is 19.6 Å². The standard InChI is InChI=1S/C18H18N2O3S2/c1-14(24-12-16-5-3-2-4-6-16)18(21)20-25(22,23)13-17-9-7-15(11-19)8-10-17/h2-10,14H,12-13H2,1H3,(H,20,21). The fourth-order valence-electron chi connectivity index (χ4n) is 2.04. The molecule has 0 spiro atoms. The molecule has 0 aliphatic rings. The van der Waals surface area contributed by atoms with E-state index in [0.29, 0.717) is 16.9 Å². The zero-order valence-electron chi connectivity index (χ0n) is 13.7. The summed E-state index contributed by atoms with van der Waals surface area (Å²) in [5.74, 6) is -0.208. The first-order valence-corrected chi connectivity index (χ1v) is 10.3. The van der Waals surface area contributed by atoms with Gasteiger partial charge in [0, 0.05) is 5.75 Å². The van der Waals surface area contributed by atoms with Crippen molar-refractivity contribution in [2.75, 3.05) is 0 Å². The van der Waals surface area contributed by atoms with Crippen molar-refractivity contribution in [3.8, 4) is 6.07 Å². The molecule has 0 radical (unpaired) electrons. The Balaban J connectivity index is 1.89. The minimum absolute atomic E-state index is 0.305. The lowest BCUT2D eigenvalue weighted by molar-refractivity contribution is -0.118. The van der Waals surface area contributed by atoms with Gasteiger partial charge in [0.1, 0.15) is 0 Å². The Morgan fingerprint density at radius 3 is 2.36 bits per heavy atom. The molecule has 2 rings (SSSR count). The second-order valence-corrected chi connectivity index (χ2v) is 8.52. The Bertz CT molecular complexity index is 857. The van der Waals surface area contributed by atoms with Gasteiger partial charge in [-0.15, -0.1) is 11.8 Å². The van der Waals surface area contributed by atoms with Crippen LogP contribution in [-0.2, 0) is 26.3 Å². The van der Waals surface area contributed by atoms with Gasteiger partial charge in [0.2, 0.25) is 15.9 Å². The predicted octanol–water partition coefficient (Wildman–Crippen LogP) is 2.83. The van der Waals surface area contributed by atoms with Crippen LogP contribution in [0.1, 0.15) is 23.6 Å². The Hall–Kier alpha value is -2.30. The van der Waals surface area contributed by atoms with Gasteiger partial charge in [-0.2, -0.15) is 5.26 Å². The van der Waals surface area contributed by atoms with Gasteiger partial charge in [-0.3, -0.25) is 9.52 Å². The van der Waals surface area contributed by atoms with Crippen molar-refractivity contribution in [1.82, 2.24) is 4.72 Å². The Kier molecular flexibility index (Phi) is 6.62. The van der Waals surface area contributed by atoms with Crippen LogP contribution >= 0.6 is 11.8 Å². The molecule has 7 heteroatoms. The van der Waals surface area contributed by atoms with Crippen molar-refractivity contribution >= 4 is 27.7 Å². The van der Waals surface area contributed by atoms with Crippen LogP contribution < -0.4 is 4.72 Å². The highest BCUT2D eigenvalue weighted by Gasteiger charge is 2.20. The lowest BCUT2D eigenvalue weighted by Gasteiger charge is -2.12. The van der Waals surface area contributed by atoms with E-state index in [1.54, 1.807) is 31.2 Å². The van der Waals surface area contributed by atoms with Gasteiger partial charge in [0.15, 0.2) is 0 Å². The summed E-state index contributed by atoms with van der Waals surface area (Å²) in [7, 11) is -3.78. The van der Waals surface area contributed by atoms with Crippen LogP contribution in [0.4, 0.5) is 0 Å². The van der Waals surface area contributed by atoms with Crippen LogP contribution in [0.2, 0.25) is 0 Å². The second kappa shape index (κ2) is 8.70. The highest BCUT2D eigenvalue weighted by atomic mass is 32.2. The predicted molar refractivity (Wildman–Crippen MR) is 99.1 cm³/mol. The van der Waals surface area contributed by atoms with Crippen molar-refractivity contribution in [3.63, 3.8) is 0 Å². The number of carbonyl (C=O) groups is 1. The Labute approximate surface area is 152 Å². The first-order valence-electron chi connectivity index (χ1n) is 7.58. The molecule has 0 bridgehead atoms. The smallest absolute Gasteiger partial charge is 0.246 e. The monoisotopic (exact) mass is 374 g/mol. The molecule has 130 valence electrons. The van der Waals surface area contributed by atoms with Gasteiger partial charge in [-0.05, 0) is 30.2 Å². The molecule has 2 aromatic rings. The number of thioether (sulfide) groups is 1. The third-order valence-corrected chi connectivity index (χ3v) is 5.85. The van der Waals surface area contributed by atoms with E-state index in [1.807, 2.05) is 36.4 Å². The number of carbonyl (C=O) groups excluding carboxylic acids is 1. The van der Waals surface area contributed by atoms with Crippen molar-refractivity contribution < 1.29 is 13.2 Å². The molecule has 2 aromatic carbocycles. The van der Waals surface area contributed by atoms with E-state index in [1.165, 1.54) is 11.8 Å². The summed E-state index contributed by atoms with van der Waals surface area (Å²) in [6.45, 7) is 1.68. The van der Waals surface area contributed by atoms with E-state index in [2.05, 4.69) is 4.72 Å². The molecule has 1 N–H and O–H groups in total. The molecule has 1 amide bonds. The number of rotatable bonds is 7. The Morgan fingerprint density at radius 2 is 1.76 bits per heavy atom. The zero-order valence-corrected chi connectivity index (χ0v) is 15.3. The summed E-state index contributed by atoms with van der Waals surface area (Å²) in [5, 5.41) is 8.26. The van der Waals surface area contributed by atoms with Crippen LogP contribution in [0.15, 0.2) is 54.6 Å². The van der Waals surface area contributed by atoms with Crippen LogP contribution in [0.3, 0.4) is 0 Å². The Morgan fingerprint density at radius 1 is 1.12 bits per heavy atom. The first kappa shape index (κ1) is 19.0. The van der Waals surface area contributed by atoms with E-state index >= 15 is 0 Å². The van der Waals surface area contributed by atoms with E-state index in [0.717, 1.165) is 5.56 Å². The van der Waals surface area contributed by atoms with Crippen molar-refractivity contribution in [2.45, 2.75) is 23.7 Å². The number of hydrogen-bond donors (Lipinski definition) is 1. The lowest BCUT2D eigenvalue weighted by Crippen LogP contribution is -2.36. The highest BCUT2D eigenvalue weighted by Crippen LogP contribution is 2.18. The molecule has 1 unspecified atom stereocenters. The van der Waals surface area contributed by atoms with Crippen LogP contribution in [0.25, 0.3) is 0 Å². The molecule has 1 atom stereocenters. The number of benzene rings is 2. The van der Waals surface area contributed by atoms with Crippen LogP contribution in [0.5, 0.6) is 0 Å². The molecule has 0 heterocycles. The van der Waals surface area contributed by atoms with Crippen molar-refractivity contribution in [3.05, 3.63) is 71.3 Å².